The zero-order valence-electron chi connectivity index (χ0n) is 9.47. The van der Waals surface area contributed by atoms with Crippen LogP contribution in [0.2, 0.25) is 10.0 Å². The van der Waals surface area contributed by atoms with Crippen molar-refractivity contribution in [1.29, 1.82) is 0 Å². The molecule has 0 fully saturated rings. The minimum Gasteiger partial charge on any atom is -0.362 e. The Kier molecular flexibility index (Phi) is 5.20. The Balaban J connectivity index is 0.000000224. The average Bonchev–Trinajstić information content (AvgIpc) is 2.34. The van der Waals surface area contributed by atoms with E-state index in [-0.39, 0.29) is 0 Å². The third kappa shape index (κ3) is 4.40. The fourth-order valence-corrected chi connectivity index (χ4v) is 1.70. The van der Waals surface area contributed by atoms with Crippen molar-refractivity contribution in [2.24, 2.45) is 10.7 Å². The summed E-state index contributed by atoms with van der Waals surface area (Å²) in [6.45, 7) is 0.852. The van der Waals surface area contributed by atoms with Crippen LogP contribution >= 0.6 is 23.2 Å². The molecule has 0 saturated carbocycles. The summed E-state index contributed by atoms with van der Waals surface area (Å²) >= 11 is 11.8. The molecule has 0 radical (unpaired) electrons. The molecule has 2 N–H and O–H groups in total. The molecule has 3 nitrogen and oxygen atoms in total. The predicted octanol–water partition coefficient (Wildman–Crippen LogP) is 3.00. The number of carbonyl (C=O) groups is 1. The molecule has 1 aromatic carbocycles. The number of rotatable bonds is 0. The molecular formula is C11H9Cl2F3N2O. The van der Waals surface area contributed by atoms with Crippen molar-refractivity contribution in [1.82, 2.24) is 0 Å². The number of amides is 1. The van der Waals surface area contributed by atoms with E-state index < -0.39 is 12.1 Å². The van der Waals surface area contributed by atoms with E-state index in [9.17, 15) is 13.2 Å². The second kappa shape index (κ2) is 6.25. The van der Waals surface area contributed by atoms with E-state index in [1.807, 2.05) is 12.1 Å². The summed E-state index contributed by atoms with van der Waals surface area (Å²) in [6, 6.07) is 3.84. The van der Waals surface area contributed by atoms with Crippen molar-refractivity contribution in [3.8, 4) is 0 Å². The fraction of sp³-hybridized carbons (Fsp3) is 0.273. The van der Waals surface area contributed by atoms with Crippen molar-refractivity contribution < 1.29 is 18.0 Å². The standard InChI is InChI=1S/C9H7Cl2N.C2H2F3NO/c10-8-2-1-6-3-4-12-5-7(6)9(8)11;3-2(4,5)1(6)7/h1-2,5H,3-4H2;(H2,6,7). The summed E-state index contributed by atoms with van der Waals surface area (Å²) in [7, 11) is 0. The highest BCUT2D eigenvalue weighted by Crippen LogP contribution is 2.28. The maximum Gasteiger partial charge on any atom is 0.470 e. The van der Waals surface area contributed by atoms with Crippen molar-refractivity contribution in [2.45, 2.75) is 12.6 Å². The van der Waals surface area contributed by atoms with Crippen molar-refractivity contribution in [2.75, 3.05) is 6.54 Å². The monoisotopic (exact) mass is 312 g/mol. The van der Waals surface area contributed by atoms with E-state index in [0.717, 1.165) is 18.5 Å². The van der Waals surface area contributed by atoms with Gasteiger partial charge in [-0.2, -0.15) is 13.2 Å². The average molecular weight is 313 g/mol. The van der Waals surface area contributed by atoms with E-state index in [1.165, 1.54) is 5.56 Å². The van der Waals surface area contributed by atoms with E-state index in [0.29, 0.717) is 10.0 Å². The van der Waals surface area contributed by atoms with Gasteiger partial charge in [0.25, 0.3) is 0 Å². The Labute approximate surface area is 117 Å². The maximum absolute atomic E-state index is 10.7. The number of carbonyl (C=O) groups excluding carboxylic acids is 1. The van der Waals surface area contributed by atoms with Crippen LogP contribution in [0.25, 0.3) is 0 Å². The van der Waals surface area contributed by atoms with Gasteiger partial charge in [0, 0.05) is 18.3 Å². The summed E-state index contributed by atoms with van der Waals surface area (Å²) in [5.41, 5.74) is 6.02. The molecular weight excluding hydrogens is 304 g/mol. The van der Waals surface area contributed by atoms with Crippen LogP contribution in [0, 0.1) is 0 Å². The summed E-state index contributed by atoms with van der Waals surface area (Å²) in [4.78, 5) is 13.3. The third-order valence-electron chi connectivity index (χ3n) is 2.23. The van der Waals surface area contributed by atoms with Gasteiger partial charge >= 0.3 is 12.1 Å². The van der Waals surface area contributed by atoms with Gasteiger partial charge in [0.2, 0.25) is 0 Å². The van der Waals surface area contributed by atoms with Gasteiger partial charge in [-0.1, -0.05) is 29.3 Å². The first-order valence-electron chi connectivity index (χ1n) is 5.07. The molecule has 0 aliphatic carbocycles. The molecule has 104 valence electrons. The van der Waals surface area contributed by atoms with Crippen LogP contribution in [0.5, 0.6) is 0 Å². The molecule has 1 heterocycles. The number of aliphatic imine (C=N–C) groups is 1. The topological polar surface area (TPSA) is 55.4 Å². The number of nitrogens with two attached hydrogens (primary N) is 1. The molecule has 2 rings (SSSR count). The van der Waals surface area contributed by atoms with Crippen molar-refractivity contribution in [3.05, 3.63) is 33.3 Å². The molecule has 0 atom stereocenters. The van der Waals surface area contributed by atoms with Crippen LogP contribution in [-0.2, 0) is 11.2 Å². The number of alkyl halides is 3. The molecule has 1 aliphatic rings. The van der Waals surface area contributed by atoms with E-state index >= 15 is 0 Å². The van der Waals surface area contributed by atoms with E-state index in [2.05, 4.69) is 10.7 Å². The smallest absolute Gasteiger partial charge is 0.362 e. The molecule has 1 aliphatic heterocycles. The lowest BCUT2D eigenvalue weighted by Gasteiger charge is -2.11. The first kappa shape index (κ1) is 15.8. The highest BCUT2D eigenvalue weighted by Gasteiger charge is 2.35. The minimum atomic E-state index is -4.86. The zero-order valence-corrected chi connectivity index (χ0v) is 11.0. The van der Waals surface area contributed by atoms with Gasteiger partial charge in [-0.3, -0.25) is 9.79 Å². The van der Waals surface area contributed by atoms with Gasteiger partial charge in [-0.15, -0.1) is 0 Å². The van der Waals surface area contributed by atoms with E-state index in [4.69, 9.17) is 28.0 Å². The lowest BCUT2D eigenvalue weighted by Crippen LogP contribution is -2.30. The van der Waals surface area contributed by atoms with Crippen LogP contribution in [0.3, 0.4) is 0 Å². The molecule has 19 heavy (non-hydrogen) atoms. The molecule has 1 amide bonds. The molecule has 0 unspecified atom stereocenters. The highest BCUT2D eigenvalue weighted by atomic mass is 35.5. The predicted molar refractivity (Wildman–Crippen MR) is 67.9 cm³/mol. The Morgan fingerprint density at radius 2 is 1.89 bits per heavy atom. The normalized spacial score (nSPS) is 13.3. The SMILES string of the molecule is Clc1ccc2c(c1Cl)C=NCC2.NC(=O)C(F)(F)F. The quantitative estimate of drug-likeness (QED) is 0.786. The highest BCUT2D eigenvalue weighted by molar-refractivity contribution is 6.43. The third-order valence-corrected chi connectivity index (χ3v) is 3.05. The summed E-state index contributed by atoms with van der Waals surface area (Å²) in [5.74, 6) is -2.26. The second-order valence-corrected chi connectivity index (χ2v) is 4.37. The molecule has 0 aromatic heterocycles. The number of halogens is 5. The fourth-order valence-electron chi connectivity index (χ4n) is 1.30. The molecule has 1 aromatic rings. The lowest BCUT2D eigenvalue weighted by molar-refractivity contribution is -0.169. The Hall–Kier alpha value is -1.27. The van der Waals surface area contributed by atoms with Gasteiger partial charge < -0.3 is 5.73 Å². The molecule has 8 heteroatoms. The largest absolute Gasteiger partial charge is 0.470 e. The Bertz CT molecular complexity index is 515. The molecule has 0 bridgehead atoms. The number of fused-ring (bicyclic) bond motifs is 1. The first-order chi connectivity index (χ1) is 8.73. The van der Waals surface area contributed by atoms with Crippen LogP contribution in [0.1, 0.15) is 11.1 Å². The summed E-state index contributed by atoms with van der Waals surface area (Å²) < 4.78 is 32.1. The van der Waals surface area contributed by atoms with E-state index in [1.54, 1.807) is 6.21 Å². The Morgan fingerprint density at radius 3 is 2.42 bits per heavy atom. The number of benzene rings is 1. The minimum absolute atomic E-state index is 0.601. The van der Waals surface area contributed by atoms with Crippen molar-refractivity contribution in [3.63, 3.8) is 0 Å². The summed E-state index contributed by atoms with van der Waals surface area (Å²) in [5, 5.41) is 1.22. The zero-order chi connectivity index (χ0) is 14.6. The van der Waals surface area contributed by atoms with Crippen LogP contribution in [0.4, 0.5) is 13.2 Å². The van der Waals surface area contributed by atoms with Crippen LogP contribution in [0.15, 0.2) is 17.1 Å². The van der Waals surface area contributed by atoms with Crippen molar-refractivity contribution >= 4 is 35.3 Å². The number of nitrogens with zero attached hydrogens (tertiary/aromatic N) is 1. The lowest BCUT2D eigenvalue weighted by atomic mass is 10.0. The van der Waals surface area contributed by atoms with Gasteiger partial charge in [-0.05, 0) is 18.1 Å². The van der Waals surface area contributed by atoms with Gasteiger partial charge in [0.05, 0.1) is 10.0 Å². The van der Waals surface area contributed by atoms with Gasteiger partial charge in [0.1, 0.15) is 0 Å². The Morgan fingerprint density at radius 1 is 1.32 bits per heavy atom. The number of hydrogen-bond donors (Lipinski definition) is 1. The first-order valence-corrected chi connectivity index (χ1v) is 5.82. The van der Waals surface area contributed by atoms with Gasteiger partial charge in [0.15, 0.2) is 0 Å². The molecule has 0 spiro atoms. The number of hydrogen-bond acceptors (Lipinski definition) is 2. The summed E-state index contributed by atoms with van der Waals surface area (Å²) in [6.07, 6.45) is -2.10. The second-order valence-electron chi connectivity index (χ2n) is 3.58. The molecule has 0 saturated heterocycles. The van der Waals surface area contributed by atoms with Crippen LogP contribution < -0.4 is 5.73 Å². The maximum atomic E-state index is 10.7. The van der Waals surface area contributed by atoms with Gasteiger partial charge in [-0.25, -0.2) is 0 Å². The number of primary amides is 1. The van der Waals surface area contributed by atoms with Crippen LogP contribution in [-0.4, -0.2) is 24.8 Å².